The molecule has 0 bridgehead atoms. The van der Waals surface area contributed by atoms with E-state index in [2.05, 4.69) is 0 Å². The van der Waals surface area contributed by atoms with Crippen LogP contribution < -0.4 is 11.2 Å². The minimum Gasteiger partial charge on any atom is -0.341 e. The second-order valence-electron chi connectivity index (χ2n) is 8.15. The predicted octanol–water partition coefficient (Wildman–Crippen LogP) is 1.53. The summed E-state index contributed by atoms with van der Waals surface area (Å²) in [5.74, 6) is -5.11. The number of ether oxygens (including phenoxy) is 3. The molecule has 3 fully saturated rings. The summed E-state index contributed by atoms with van der Waals surface area (Å²) in [4.78, 5) is 38.1. The lowest BCUT2D eigenvalue weighted by molar-refractivity contribution is -0.214. The molecule has 0 N–H and O–H groups in total. The van der Waals surface area contributed by atoms with Gasteiger partial charge in [-0.1, -0.05) is 18.2 Å². The van der Waals surface area contributed by atoms with E-state index in [1.807, 2.05) is 0 Å². The maximum atomic E-state index is 14.2. The highest BCUT2D eigenvalue weighted by Crippen LogP contribution is 2.66. The molecule has 0 unspecified atom stereocenters. The summed E-state index contributed by atoms with van der Waals surface area (Å²) >= 11 is 0. The molecule has 2 aliphatic heterocycles. The molecule has 1 aliphatic carbocycles. The summed E-state index contributed by atoms with van der Waals surface area (Å²) in [6, 6.07) is 8.80. The maximum absolute atomic E-state index is 14.2. The van der Waals surface area contributed by atoms with Crippen LogP contribution in [-0.4, -0.2) is 44.6 Å². The van der Waals surface area contributed by atoms with Gasteiger partial charge < -0.3 is 14.2 Å². The summed E-state index contributed by atoms with van der Waals surface area (Å²) in [5.41, 5.74) is -3.61. The Morgan fingerprint density at radius 1 is 1.07 bits per heavy atom. The van der Waals surface area contributed by atoms with Crippen LogP contribution in [0.2, 0.25) is 0 Å². The second kappa shape index (κ2) is 5.93. The number of carbonyl (C=O) groups is 1. The van der Waals surface area contributed by atoms with Crippen molar-refractivity contribution >= 4 is 5.91 Å². The minimum absolute atomic E-state index is 0.131. The van der Waals surface area contributed by atoms with Crippen molar-refractivity contribution in [1.29, 1.82) is 0 Å². The lowest BCUT2D eigenvalue weighted by Crippen LogP contribution is -2.46. The van der Waals surface area contributed by atoms with Crippen molar-refractivity contribution in [2.45, 2.75) is 56.0 Å². The summed E-state index contributed by atoms with van der Waals surface area (Å²) in [6.45, 7) is 3.17. The molecule has 1 saturated carbocycles. The molecule has 2 aromatic rings. The van der Waals surface area contributed by atoms with Crippen molar-refractivity contribution in [3.63, 3.8) is 0 Å². The van der Waals surface area contributed by atoms with Crippen LogP contribution in [0.5, 0.6) is 0 Å². The van der Waals surface area contributed by atoms with Gasteiger partial charge in [0, 0.05) is 17.8 Å². The normalized spacial score (nSPS) is 32.9. The Bertz CT molecular complexity index is 1160. The zero-order valence-corrected chi connectivity index (χ0v) is 16.1. The van der Waals surface area contributed by atoms with Crippen molar-refractivity contribution in [2.24, 2.45) is 0 Å². The molecule has 8 nitrogen and oxygen atoms in total. The van der Waals surface area contributed by atoms with Gasteiger partial charge in [0.15, 0.2) is 17.6 Å². The maximum Gasteiger partial charge on any atom is 0.340 e. The van der Waals surface area contributed by atoms with E-state index in [4.69, 9.17) is 14.2 Å². The van der Waals surface area contributed by atoms with Crippen LogP contribution in [0.15, 0.2) is 52.2 Å². The Morgan fingerprint density at radius 2 is 1.73 bits per heavy atom. The number of carbonyl (C=O) groups excluding carboxylic acids is 1. The van der Waals surface area contributed by atoms with E-state index in [1.54, 1.807) is 32.0 Å². The van der Waals surface area contributed by atoms with E-state index < -0.39 is 59.3 Å². The van der Waals surface area contributed by atoms with Gasteiger partial charge in [0.05, 0.1) is 6.42 Å². The first kappa shape index (κ1) is 19.3. The van der Waals surface area contributed by atoms with E-state index in [0.29, 0.717) is 4.57 Å². The van der Waals surface area contributed by atoms with Crippen molar-refractivity contribution in [2.75, 3.05) is 0 Å². The number of hydrogen-bond donors (Lipinski definition) is 0. The molecule has 5 rings (SSSR count). The molecule has 10 heteroatoms. The lowest BCUT2D eigenvalue weighted by atomic mass is 10.1. The first-order valence-electron chi connectivity index (χ1n) is 9.42. The van der Waals surface area contributed by atoms with E-state index in [9.17, 15) is 23.2 Å². The Labute approximate surface area is 168 Å². The Hall–Kier alpha value is -2.69. The van der Waals surface area contributed by atoms with Crippen LogP contribution >= 0.6 is 0 Å². The second-order valence-corrected chi connectivity index (χ2v) is 8.15. The third-order valence-corrected chi connectivity index (χ3v) is 5.69. The number of alkyl halides is 2. The van der Waals surface area contributed by atoms with Gasteiger partial charge in [-0.25, -0.2) is 13.6 Å². The molecule has 1 aromatic heterocycles. The van der Waals surface area contributed by atoms with Gasteiger partial charge in [0.25, 0.3) is 17.4 Å². The molecule has 2 saturated heterocycles. The lowest BCUT2D eigenvalue weighted by Gasteiger charge is -2.25. The monoisotopic (exact) mass is 420 g/mol. The standard InChI is InChI=1S/C20H18F2N2O6/c1-18(2)28-13-14(29-18)19(10-20(19,21)22)30-16(13)23-9-8-12(25)24(17(23)27)15(26)11-6-4-3-5-7-11/h3-9,13-14,16H,10H2,1-2H3/t13-,14+,16-,19+/m1/s1. The van der Waals surface area contributed by atoms with Crippen molar-refractivity contribution in [3.8, 4) is 0 Å². The number of hydrogen-bond acceptors (Lipinski definition) is 6. The molecule has 0 amide bonds. The average Bonchev–Trinajstić information content (AvgIpc) is 2.92. The van der Waals surface area contributed by atoms with Gasteiger partial charge in [-0.05, 0) is 26.0 Å². The molecular weight excluding hydrogens is 402 g/mol. The predicted molar refractivity (Wildman–Crippen MR) is 97.4 cm³/mol. The van der Waals surface area contributed by atoms with E-state index >= 15 is 0 Å². The van der Waals surface area contributed by atoms with Gasteiger partial charge in [0.1, 0.15) is 12.2 Å². The SMILES string of the molecule is CC1(C)O[C@H]2[C@H](n3ccc(=O)n(C(=O)c4ccccc4)c3=O)O[C@@]3(CC3(F)F)[C@H]2O1. The Balaban J connectivity index is 1.59. The molecule has 1 spiro atoms. The first-order chi connectivity index (χ1) is 14.1. The van der Waals surface area contributed by atoms with Gasteiger partial charge in [-0.3, -0.25) is 14.2 Å². The van der Waals surface area contributed by atoms with Gasteiger partial charge in [-0.15, -0.1) is 0 Å². The highest BCUT2D eigenvalue weighted by Gasteiger charge is 2.84. The van der Waals surface area contributed by atoms with Crippen LogP contribution in [0.1, 0.15) is 36.9 Å². The fourth-order valence-electron chi connectivity index (χ4n) is 4.23. The third-order valence-electron chi connectivity index (χ3n) is 5.69. The zero-order chi connectivity index (χ0) is 21.5. The molecule has 30 heavy (non-hydrogen) atoms. The summed E-state index contributed by atoms with van der Waals surface area (Å²) in [5, 5.41) is 0. The summed E-state index contributed by atoms with van der Waals surface area (Å²) < 4.78 is 46.9. The molecular formula is C20H18F2N2O6. The van der Waals surface area contributed by atoms with Crippen molar-refractivity contribution in [1.82, 2.24) is 9.13 Å². The van der Waals surface area contributed by atoms with E-state index in [1.165, 1.54) is 12.1 Å². The Kier molecular flexibility index (Phi) is 3.81. The summed E-state index contributed by atoms with van der Waals surface area (Å²) in [6.07, 6.45) is -2.83. The van der Waals surface area contributed by atoms with Crippen LogP contribution in [-0.2, 0) is 14.2 Å². The largest absolute Gasteiger partial charge is 0.341 e. The van der Waals surface area contributed by atoms with Gasteiger partial charge >= 0.3 is 5.69 Å². The van der Waals surface area contributed by atoms with Gasteiger partial charge in [-0.2, -0.15) is 4.57 Å². The van der Waals surface area contributed by atoms with E-state index in [0.717, 1.165) is 16.8 Å². The average molecular weight is 420 g/mol. The number of fused-ring (bicyclic) bond motifs is 2. The highest BCUT2D eigenvalue weighted by atomic mass is 19.3. The first-order valence-corrected chi connectivity index (χ1v) is 9.42. The minimum atomic E-state index is -3.13. The number of benzene rings is 1. The number of rotatable bonds is 2. The number of aromatic nitrogens is 2. The van der Waals surface area contributed by atoms with Gasteiger partial charge in [0.2, 0.25) is 0 Å². The molecule has 1 aromatic carbocycles. The fourth-order valence-corrected chi connectivity index (χ4v) is 4.23. The number of halogens is 2. The quantitative estimate of drug-likeness (QED) is 0.732. The molecule has 3 heterocycles. The van der Waals surface area contributed by atoms with Crippen LogP contribution in [0.25, 0.3) is 0 Å². The molecule has 4 atom stereocenters. The molecule has 3 aliphatic rings. The molecule has 158 valence electrons. The smallest absolute Gasteiger partial charge is 0.340 e. The Morgan fingerprint density at radius 3 is 2.37 bits per heavy atom. The van der Waals surface area contributed by atoms with Crippen molar-refractivity contribution in [3.05, 3.63) is 69.0 Å². The molecule has 0 radical (unpaired) electrons. The van der Waals surface area contributed by atoms with E-state index in [-0.39, 0.29) is 5.56 Å². The zero-order valence-electron chi connectivity index (χ0n) is 16.1. The highest BCUT2D eigenvalue weighted by molar-refractivity contribution is 5.95. The van der Waals surface area contributed by atoms with Crippen molar-refractivity contribution < 1.29 is 27.8 Å². The summed E-state index contributed by atoms with van der Waals surface area (Å²) in [7, 11) is 0. The van der Waals surface area contributed by atoms with Crippen LogP contribution in [0.4, 0.5) is 8.78 Å². The fraction of sp³-hybridized carbons (Fsp3) is 0.450. The van der Waals surface area contributed by atoms with Crippen LogP contribution in [0.3, 0.4) is 0 Å². The van der Waals surface area contributed by atoms with Crippen LogP contribution in [0, 0.1) is 0 Å². The topological polar surface area (TPSA) is 88.8 Å². The number of nitrogens with zero attached hydrogens (tertiary/aromatic N) is 2. The third kappa shape index (κ3) is 2.57.